The Labute approximate surface area is 105 Å². The van der Waals surface area contributed by atoms with E-state index in [1.807, 2.05) is 7.05 Å². The lowest BCUT2D eigenvalue weighted by atomic mass is 10.2. The normalized spacial score (nSPS) is 10.6. The van der Waals surface area contributed by atoms with Crippen LogP contribution in [0.1, 0.15) is 37.9 Å². The van der Waals surface area contributed by atoms with Gasteiger partial charge < -0.3 is 10.2 Å². The Kier molecular flexibility index (Phi) is 5.98. The fraction of sp³-hybridized carbons (Fsp3) is 0.643. The highest BCUT2D eigenvalue weighted by atomic mass is 15.2. The Morgan fingerprint density at radius 2 is 1.82 bits per heavy atom. The zero-order valence-corrected chi connectivity index (χ0v) is 11.6. The molecule has 0 aliphatic carbocycles. The summed E-state index contributed by atoms with van der Waals surface area (Å²) in [6.45, 7) is 9.58. The topological polar surface area (TPSA) is 28.2 Å². The van der Waals surface area contributed by atoms with Crippen molar-refractivity contribution in [2.45, 2.75) is 40.2 Å². The molecule has 1 N–H and O–H groups in total. The van der Waals surface area contributed by atoms with Gasteiger partial charge in [-0.3, -0.25) is 0 Å². The van der Waals surface area contributed by atoms with Crippen molar-refractivity contribution in [3.63, 3.8) is 0 Å². The maximum atomic E-state index is 4.72. The third-order valence-corrected chi connectivity index (χ3v) is 2.86. The average molecular weight is 235 g/mol. The van der Waals surface area contributed by atoms with Crippen LogP contribution in [0.15, 0.2) is 12.1 Å². The summed E-state index contributed by atoms with van der Waals surface area (Å²) in [5.41, 5.74) is 2.42. The van der Waals surface area contributed by atoms with Crippen molar-refractivity contribution in [2.24, 2.45) is 0 Å². The van der Waals surface area contributed by atoms with Crippen LogP contribution in [-0.4, -0.2) is 25.1 Å². The Balaban J connectivity index is 2.85. The van der Waals surface area contributed by atoms with E-state index in [2.05, 4.69) is 43.1 Å². The van der Waals surface area contributed by atoms with Gasteiger partial charge in [-0.25, -0.2) is 4.98 Å². The molecule has 0 radical (unpaired) electrons. The molecule has 1 rings (SSSR count). The van der Waals surface area contributed by atoms with E-state index < -0.39 is 0 Å². The molecule has 96 valence electrons. The van der Waals surface area contributed by atoms with E-state index in [4.69, 9.17) is 4.98 Å². The van der Waals surface area contributed by atoms with Gasteiger partial charge in [-0.1, -0.05) is 19.9 Å². The van der Waals surface area contributed by atoms with E-state index in [0.717, 1.165) is 31.1 Å². The average Bonchev–Trinajstić information content (AvgIpc) is 2.32. The summed E-state index contributed by atoms with van der Waals surface area (Å²) in [5.74, 6) is 1.12. The summed E-state index contributed by atoms with van der Waals surface area (Å²) in [7, 11) is 1.97. The number of nitrogens with zero attached hydrogens (tertiary/aromatic N) is 2. The van der Waals surface area contributed by atoms with E-state index in [9.17, 15) is 0 Å². The molecule has 0 unspecified atom stereocenters. The van der Waals surface area contributed by atoms with Gasteiger partial charge in [-0.05, 0) is 38.4 Å². The summed E-state index contributed by atoms with van der Waals surface area (Å²) >= 11 is 0. The van der Waals surface area contributed by atoms with Crippen molar-refractivity contribution in [1.29, 1.82) is 0 Å². The van der Waals surface area contributed by atoms with Gasteiger partial charge in [-0.15, -0.1) is 0 Å². The second-order valence-electron chi connectivity index (χ2n) is 4.43. The molecule has 0 atom stereocenters. The number of rotatable bonds is 7. The number of aromatic nitrogens is 1. The van der Waals surface area contributed by atoms with Crippen molar-refractivity contribution < 1.29 is 0 Å². The number of nitrogens with one attached hydrogen (secondary N) is 1. The first-order chi connectivity index (χ1) is 8.22. The second-order valence-corrected chi connectivity index (χ2v) is 4.43. The smallest absolute Gasteiger partial charge is 0.128 e. The van der Waals surface area contributed by atoms with Crippen LogP contribution >= 0.6 is 0 Å². The molecule has 1 heterocycles. The molecule has 0 bridgehead atoms. The van der Waals surface area contributed by atoms with Gasteiger partial charge in [0.2, 0.25) is 0 Å². The molecular weight excluding hydrogens is 210 g/mol. The minimum absolute atomic E-state index is 0.890. The maximum Gasteiger partial charge on any atom is 0.128 e. The molecule has 17 heavy (non-hydrogen) atoms. The number of anilines is 1. The van der Waals surface area contributed by atoms with Crippen molar-refractivity contribution in [2.75, 3.05) is 25.0 Å². The van der Waals surface area contributed by atoms with Gasteiger partial charge in [0.1, 0.15) is 5.82 Å². The summed E-state index contributed by atoms with van der Waals surface area (Å²) in [6.07, 6.45) is 2.33. The molecule has 1 aromatic rings. The number of aryl methyl sites for hydroxylation is 1. The highest BCUT2D eigenvalue weighted by Crippen LogP contribution is 2.15. The summed E-state index contributed by atoms with van der Waals surface area (Å²) in [4.78, 5) is 7.09. The molecule has 0 saturated carbocycles. The minimum atomic E-state index is 0.890. The number of hydrogen-bond donors (Lipinski definition) is 1. The highest BCUT2D eigenvalue weighted by molar-refractivity contribution is 5.41. The van der Waals surface area contributed by atoms with Crippen molar-refractivity contribution in [3.05, 3.63) is 23.4 Å². The molecule has 3 heteroatoms. The zero-order valence-electron chi connectivity index (χ0n) is 11.6. The molecule has 0 aliphatic rings. The molecule has 0 spiro atoms. The fourth-order valence-electron chi connectivity index (χ4n) is 2.01. The van der Waals surface area contributed by atoms with Gasteiger partial charge in [0.05, 0.1) is 0 Å². The van der Waals surface area contributed by atoms with E-state index in [1.54, 1.807) is 0 Å². The lowest BCUT2D eigenvalue weighted by molar-refractivity contribution is 0.729. The van der Waals surface area contributed by atoms with Gasteiger partial charge in [0, 0.05) is 25.3 Å². The van der Waals surface area contributed by atoms with Crippen LogP contribution in [0.3, 0.4) is 0 Å². The third-order valence-electron chi connectivity index (χ3n) is 2.86. The predicted molar refractivity (Wildman–Crippen MR) is 74.5 cm³/mol. The highest BCUT2D eigenvalue weighted by Gasteiger charge is 2.07. The monoisotopic (exact) mass is 235 g/mol. The predicted octanol–water partition coefficient (Wildman–Crippen LogP) is 2.74. The summed E-state index contributed by atoms with van der Waals surface area (Å²) < 4.78 is 0. The van der Waals surface area contributed by atoms with Crippen LogP contribution in [0.5, 0.6) is 0 Å². The first-order valence-electron chi connectivity index (χ1n) is 6.59. The molecule has 0 fully saturated rings. The number of pyridine rings is 1. The van der Waals surface area contributed by atoms with E-state index in [1.165, 1.54) is 18.4 Å². The van der Waals surface area contributed by atoms with Gasteiger partial charge in [0.25, 0.3) is 0 Å². The largest absolute Gasteiger partial charge is 0.357 e. The number of hydrogen-bond acceptors (Lipinski definition) is 3. The quantitative estimate of drug-likeness (QED) is 0.787. The first-order valence-corrected chi connectivity index (χ1v) is 6.59. The van der Waals surface area contributed by atoms with Crippen molar-refractivity contribution in [1.82, 2.24) is 10.3 Å². The standard InChI is InChI=1S/C14H25N3/c1-5-9-17(10-6-2)14-8-7-13(11-15-4)12(3)16-14/h7-8,15H,5-6,9-11H2,1-4H3. The van der Waals surface area contributed by atoms with Crippen LogP contribution in [0, 0.1) is 6.92 Å². The van der Waals surface area contributed by atoms with Crippen LogP contribution in [0.2, 0.25) is 0 Å². The Morgan fingerprint density at radius 1 is 1.18 bits per heavy atom. The van der Waals surface area contributed by atoms with Crippen molar-refractivity contribution >= 4 is 5.82 Å². The Hall–Kier alpha value is -1.09. The fourth-order valence-corrected chi connectivity index (χ4v) is 2.01. The maximum absolute atomic E-state index is 4.72. The van der Waals surface area contributed by atoms with Crippen LogP contribution < -0.4 is 10.2 Å². The molecule has 3 nitrogen and oxygen atoms in total. The van der Waals surface area contributed by atoms with Gasteiger partial charge in [-0.2, -0.15) is 0 Å². The molecular formula is C14H25N3. The first kappa shape index (κ1) is 14.0. The lowest BCUT2D eigenvalue weighted by Gasteiger charge is -2.23. The van der Waals surface area contributed by atoms with Crippen LogP contribution in [-0.2, 0) is 6.54 Å². The molecule has 1 aromatic heterocycles. The molecule has 0 aliphatic heterocycles. The minimum Gasteiger partial charge on any atom is -0.357 e. The SMILES string of the molecule is CCCN(CCC)c1ccc(CNC)c(C)n1. The third kappa shape index (κ3) is 4.00. The van der Waals surface area contributed by atoms with Crippen molar-refractivity contribution in [3.8, 4) is 0 Å². The summed E-state index contributed by atoms with van der Waals surface area (Å²) in [6, 6.07) is 4.33. The molecule has 0 aromatic carbocycles. The zero-order chi connectivity index (χ0) is 12.7. The van der Waals surface area contributed by atoms with Crippen LogP contribution in [0.4, 0.5) is 5.82 Å². The Bertz CT molecular complexity index is 330. The summed E-state index contributed by atoms with van der Waals surface area (Å²) in [5, 5.41) is 3.17. The van der Waals surface area contributed by atoms with E-state index in [-0.39, 0.29) is 0 Å². The van der Waals surface area contributed by atoms with Gasteiger partial charge >= 0.3 is 0 Å². The van der Waals surface area contributed by atoms with E-state index >= 15 is 0 Å². The van der Waals surface area contributed by atoms with E-state index in [0.29, 0.717) is 0 Å². The lowest BCUT2D eigenvalue weighted by Crippen LogP contribution is -2.26. The van der Waals surface area contributed by atoms with Crippen LogP contribution in [0.25, 0.3) is 0 Å². The Morgan fingerprint density at radius 3 is 2.29 bits per heavy atom. The second kappa shape index (κ2) is 7.28. The van der Waals surface area contributed by atoms with Gasteiger partial charge in [0.15, 0.2) is 0 Å². The molecule has 0 amide bonds. The molecule has 0 saturated heterocycles.